The van der Waals surface area contributed by atoms with Crippen molar-refractivity contribution in [2.24, 2.45) is 5.92 Å². The molecule has 0 spiro atoms. The number of hydrogen-bond acceptors (Lipinski definition) is 5. The van der Waals surface area contributed by atoms with Crippen LogP contribution in [0.3, 0.4) is 0 Å². The van der Waals surface area contributed by atoms with Gasteiger partial charge in [-0.3, -0.25) is 14.4 Å². The molecule has 0 radical (unpaired) electrons. The van der Waals surface area contributed by atoms with Gasteiger partial charge in [-0.25, -0.2) is 9.96 Å². The van der Waals surface area contributed by atoms with Crippen molar-refractivity contribution in [3.05, 3.63) is 87.4 Å². The summed E-state index contributed by atoms with van der Waals surface area (Å²) in [5, 5.41) is 12.6. The molecule has 2 saturated heterocycles. The molecule has 33 heavy (non-hydrogen) atoms. The third kappa shape index (κ3) is 3.46. The number of rotatable bonds is 3. The minimum Gasteiger partial charge on any atom is -0.506 e. The summed E-state index contributed by atoms with van der Waals surface area (Å²) in [6.07, 6.45) is -1.06. The topological polar surface area (TPSA) is 70.1 Å². The van der Waals surface area contributed by atoms with Gasteiger partial charge in [-0.15, -0.1) is 0 Å². The minimum absolute atomic E-state index is 0.0527. The fraction of sp³-hybridized carbons (Fsp3) is 0.200. The molecule has 2 aliphatic rings. The van der Waals surface area contributed by atoms with E-state index in [4.69, 9.17) is 28.0 Å². The molecule has 0 bridgehead atoms. The summed E-state index contributed by atoms with van der Waals surface area (Å²) in [4.78, 5) is 34.5. The number of phenolic OH excluding ortho intramolecular Hbond substituents is 1. The predicted octanol–water partition coefficient (Wildman–Crippen LogP) is 5.37. The number of para-hydroxylation sites is 1. The highest BCUT2D eigenvalue weighted by Crippen LogP contribution is 2.51. The van der Waals surface area contributed by atoms with Crippen LogP contribution in [0.4, 0.5) is 11.4 Å². The number of phenols is 1. The van der Waals surface area contributed by atoms with Crippen LogP contribution in [0.25, 0.3) is 0 Å². The van der Waals surface area contributed by atoms with Crippen molar-refractivity contribution < 1.29 is 19.5 Å². The molecule has 3 atom stereocenters. The summed E-state index contributed by atoms with van der Waals surface area (Å²) in [6, 6.07) is 16.8. The highest BCUT2D eigenvalue weighted by Gasteiger charge is 2.61. The number of fused-ring (bicyclic) bond motifs is 1. The van der Waals surface area contributed by atoms with Crippen LogP contribution < -0.4 is 9.96 Å². The number of carbonyl (C=O) groups excluding carboxylic acids is 2. The number of nitrogens with zero attached hydrogens (tertiary/aromatic N) is 2. The summed E-state index contributed by atoms with van der Waals surface area (Å²) in [5.74, 6) is -1.97. The fourth-order valence-corrected chi connectivity index (χ4v) is 5.14. The Labute approximate surface area is 200 Å². The van der Waals surface area contributed by atoms with Crippen molar-refractivity contribution >= 4 is 46.4 Å². The second-order valence-corrected chi connectivity index (χ2v) is 9.13. The lowest BCUT2D eigenvalue weighted by atomic mass is 9.90. The first kappa shape index (κ1) is 21.8. The molecule has 0 saturated carbocycles. The van der Waals surface area contributed by atoms with Gasteiger partial charge < -0.3 is 5.11 Å². The zero-order valence-electron chi connectivity index (χ0n) is 17.8. The van der Waals surface area contributed by atoms with Gasteiger partial charge in [-0.1, -0.05) is 59.1 Å². The lowest BCUT2D eigenvalue weighted by Crippen LogP contribution is -2.37. The van der Waals surface area contributed by atoms with Crippen molar-refractivity contribution in [1.29, 1.82) is 0 Å². The second kappa shape index (κ2) is 8.06. The summed E-state index contributed by atoms with van der Waals surface area (Å²) < 4.78 is 0. The molecule has 5 rings (SSSR count). The Kier molecular flexibility index (Phi) is 5.32. The summed E-state index contributed by atoms with van der Waals surface area (Å²) >= 11 is 12.4. The van der Waals surface area contributed by atoms with Crippen LogP contribution >= 0.6 is 23.2 Å². The number of carbonyl (C=O) groups is 2. The van der Waals surface area contributed by atoms with E-state index in [1.165, 1.54) is 16.0 Å². The van der Waals surface area contributed by atoms with Crippen LogP contribution in [-0.4, -0.2) is 23.0 Å². The van der Waals surface area contributed by atoms with Crippen LogP contribution in [-0.2, 0) is 14.4 Å². The summed E-state index contributed by atoms with van der Waals surface area (Å²) in [6.45, 7) is 3.80. The number of benzene rings is 3. The number of hydroxylamine groups is 1. The van der Waals surface area contributed by atoms with E-state index in [9.17, 15) is 14.7 Å². The Bertz CT molecular complexity index is 1280. The Morgan fingerprint density at radius 2 is 1.67 bits per heavy atom. The smallest absolute Gasteiger partial charge is 0.266 e. The van der Waals surface area contributed by atoms with Gasteiger partial charge in [0.15, 0.2) is 6.10 Å². The normalized spacial score (nSPS) is 22.2. The number of imide groups is 1. The molecule has 3 aromatic rings. The van der Waals surface area contributed by atoms with Crippen LogP contribution in [0.1, 0.15) is 22.7 Å². The molecule has 1 N–H and O–H groups in total. The zero-order valence-corrected chi connectivity index (χ0v) is 19.3. The minimum atomic E-state index is -1.06. The molecular weight excluding hydrogens is 463 g/mol. The largest absolute Gasteiger partial charge is 0.506 e. The lowest BCUT2D eigenvalue weighted by Gasteiger charge is -2.29. The third-order valence-electron chi connectivity index (χ3n) is 6.10. The maximum Gasteiger partial charge on any atom is 0.266 e. The standard InChI is InChI=1S/C25H20Cl2N2O4/c1-13-8-9-19(14(2)10-13)28-24(31)20-21(17-11-15(26)12-18(27)22(17)30)29(33-23(20)25(28)32)16-6-4-3-5-7-16/h3-12,20-21,23,30H,1-2H3/t20-,21+,23+/m0/s1. The van der Waals surface area contributed by atoms with Crippen molar-refractivity contribution in [2.75, 3.05) is 9.96 Å². The number of hydrogen-bond donors (Lipinski definition) is 1. The number of halogens is 2. The molecule has 6 nitrogen and oxygen atoms in total. The van der Waals surface area contributed by atoms with Gasteiger partial charge in [0.25, 0.3) is 5.91 Å². The predicted molar refractivity (Wildman–Crippen MR) is 127 cm³/mol. The zero-order chi connectivity index (χ0) is 23.4. The van der Waals surface area contributed by atoms with Gasteiger partial charge in [0.2, 0.25) is 5.91 Å². The molecule has 2 heterocycles. The van der Waals surface area contributed by atoms with Gasteiger partial charge in [0.05, 0.1) is 22.4 Å². The van der Waals surface area contributed by atoms with E-state index in [1.54, 1.807) is 24.3 Å². The summed E-state index contributed by atoms with van der Waals surface area (Å²) in [5.41, 5.74) is 3.30. The maximum atomic E-state index is 13.7. The molecule has 2 amide bonds. The summed E-state index contributed by atoms with van der Waals surface area (Å²) in [7, 11) is 0. The van der Waals surface area contributed by atoms with Gasteiger partial charge in [-0.05, 0) is 49.7 Å². The van der Waals surface area contributed by atoms with Gasteiger partial charge in [0.1, 0.15) is 11.7 Å². The van der Waals surface area contributed by atoms with E-state index in [1.807, 2.05) is 44.2 Å². The average Bonchev–Trinajstić information content (AvgIpc) is 3.28. The van der Waals surface area contributed by atoms with E-state index in [-0.39, 0.29) is 10.8 Å². The quantitative estimate of drug-likeness (QED) is 0.508. The monoisotopic (exact) mass is 482 g/mol. The van der Waals surface area contributed by atoms with E-state index in [2.05, 4.69) is 0 Å². The van der Waals surface area contributed by atoms with Crippen LogP contribution in [0.2, 0.25) is 10.0 Å². The Morgan fingerprint density at radius 1 is 0.939 bits per heavy atom. The molecule has 2 aliphatic heterocycles. The lowest BCUT2D eigenvalue weighted by molar-refractivity contribution is -0.126. The second-order valence-electron chi connectivity index (χ2n) is 8.29. The van der Waals surface area contributed by atoms with E-state index < -0.39 is 29.9 Å². The SMILES string of the molecule is Cc1ccc(N2C(=O)[C@H]3[C@@H](c4cc(Cl)cc(Cl)c4O)N(c4ccccc4)O[C@H]3C2=O)c(C)c1. The Hall–Kier alpha value is -3.06. The van der Waals surface area contributed by atoms with Crippen molar-refractivity contribution in [3.8, 4) is 5.75 Å². The third-order valence-corrected chi connectivity index (χ3v) is 6.60. The van der Waals surface area contributed by atoms with Gasteiger partial charge in [-0.2, -0.15) is 0 Å². The van der Waals surface area contributed by atoms with Crippen LogP contribution in [0.15, 0.2) is 60.7 Å². The molecule has 0 aromatic heterocycles. The molecule has 0 unspecified atom stereocenters. The highest BCUT2D eigenvalue weighted by atomic mass is 35.5. The van der Waals surface area contributed by atoms with Gasteiger partial charge >= 0.3 is 0 Å². The van der Waals surface area contributed by atoms with Crippen molar-refractivity contribution in [1.82, 2.24) is 0 Å². The Morgan fingerprint density at radius 3 is 2.36 bits per heavy atom. The van der Waals surface area contributed by atoms with Crippen LogP contribution in [0, 0.1) is 19.8 Å². The van der Waals surface area contributed by atoms with E-state index >= 15 is 0 Å². The number of anilines is 2. The molecule has 3 aromatic carbocycles. The number of aryl methyl sites for hydroxylation is 2. The Balaban J connectivity index is 1.65. The van der Waals surface area contributed by atoms with Crippen molar-refractivity contribution in [2.45, 2.75) is 26.0 Å². The number of aromatic hydroxyl groups is 1. The molecule has 2 fully saturated rings. The van der Waals surface area contributed by atoms with E-state index in [0.29, 0.717) is 22.0 Å². The van der Waals surface area contributed by atoms with Crippen LogP contribution in [0.5, 0.6) is 5.75 Å². The first-order chi connectivity index (χ1) is 15.8. The maximum absolute atomic E-state index is 13.7. The highest BCUT2D eigenvalue weighted by molar-refractivity contribution is 6.35. The average molecular weight is 483 g/mol. The van der Waals surface area contributed by atoms with Crippen molar-refractivity contribution in [3.63, 3.8) is 0 Å². The molecule has 0 aliphatic carbocycles. The molecule has 8 heteroatoms. The van der Waals surface area contributed by atoms with E-state index in [0.717, 1.165) is 11.1 Å². The fourth-order valence-electron chi connectivity index (χ4n) is 4.63. The first-order valence-corrected chi connectivity index (χ1v) is 11.2. The molecular formula is C25H20Cl2N2O4. The first-order valence-electron chi connectivity index (χ1n) is 10.4. The number of amides is 2. The van der Waals surface area contributed by atoms with Gasteiger partial charge in [0, 0.05) is 10.6 Å². The molecule has 168 valence electrons.